The third-order valence-corrected chi connectivity index (χ3v) is 5.08. The molecule has 7 nitrogen and oxygen atoms in total. The lowest BCUT2D eigenvalue weighted by Gasteiger charge is -2.15. The number of hydrogen-bond acceptors (Lipinski definition) is 5. The van der Waals surface area contributed by atoms with Crippen molar-refractivity contribution in [3.8, 4) is 11.4 Å². The molecule has 0 saturated heterocycles. The highest BCUT2D eigenvalue weighted by Gasteiger charge is 2.37. The molecule has 4 aromatic rings. The molecule has 3 N–H and O–H groups in total. The van der Waals surface area contributed by atoms with Crippen LogP contribution in [0.15, 0.2) is 42.5 Å². The summed E-state index contributed by atoms with van der Waals surface area (Å²) in [7, 11) is 0. The van der Waals surface area contributed by atoms with E-state index in [1.807, 2.05) is 0 Å². The van der Waals surface area contributed by atoms with Crippen molar-refractivity contribution in [2.45, 2.75) is 31.7 Å². The van der Waals surface area contributed by atoms with Gasteiger partial charge in [-0.3, -0.25) is 4.79 Å². The number of rotatable bonds is 5. The van der Waals surface area contributed by atoms with Crippen LogP contribution in [0.2, 0.25) is 0 Å². The van der Waals surface area contributed by atoms with Crippen LogP contribution in [0.3, 0.4) is 0 Å². The molecule has 2 heterocycles. The summed E-state index contributed by atoms with van der Waals surface area (Å²) < 4.78 is 81.0. The van der Waals surface area contributed by atoms with Gasteiger partial charge in [0.15, 0.2) is 11.5 Å². The van der Waals surface area contributed by atoms with Crippen LogP contribution in [0.1, 0.15) is 24.5 Å². The van der Waals surface area contributed by atoms with Gasteiger partial charge in [0.2, 0.25) is 11.9 Å². The quantitative estimate of drug-likeness (QED) is 0.404. The number of alkyl halides is 6. The van der Waals surface area contributed by atoms with E-state index in [4.69, 9.17) is 5.73 Å². The third-order valence-electron chi connectivity index (χ3n) is 5.08. The summed E-state index contributed by atoms with van der Waals surface area (Å²) in [6.45, 7) is 1.69. The van der Waals surface area contributed by atoms with Crippen molar-refractivity contribution in [1.82, 2.24) is 19.6 Å². The molecule has 4 rings (SSSR count). The number of aromatic nitrogens is 4. The van der Waals surface area contributed by atoms with E-state index in [9.17, 15) is 31.1 Å². The Morgan fingerprint density at radius 1 is 1.03 bits per heavy atom. The number of anilines is 1. The van der Waals surface area contributed by atoms with E-state index < -0.39 is 41.0 Å². The maximum atomic E-state index is 13.3. The number of halogens is 6. The van der Waals surface area contributed by atoms with Gasteiger partial charge in [-0.25, -0.2) is 9.97 Å². The van der Waals surface area contributed by atoms with E-state index in [-0.39, 0.29) is 29.9 Å². The summed E-state index contributed by atoms with van der Waals surface area (Å²) in [5.74, 6) is -1.07. The summed E-state index contributed by atoms with van der Waals surface area (Å²) in [6, 6.07) is 6.87. The molecule has 0 aliphatic heterocycles. The monoisotopic (exact) mass is 482 g/mol. The largest absolute Gasteiger partial charge is 0.416 e. The Morgan fingerprint density at radius 3 is 2.21 bits per heavy atom. The average molecular weight is 482 g/mol. The lowest BCUT2D eigenvalue weighted by molar-refractivity contribution is -0.143. The SMILES string of the molecule is CC[C@@H](Nc1nc2ccccc2c2nc(-c3cc(C(F)(F)F)cc(C(F)(F)F)c3)nn12)C(N)=O. The van der Waals surface area contributed by atoms with Gasteiger partial charge in [0.25, 0.3) is 0 Å². The first-order chi connectivity index (χ1) is 15.9. The second kappa shape index (κ2) is 8.15. The zero-order valence-corrected chi connectivity index (χ0v) is 17.4. The van der Waals surface area contributed by atoms with E-state index in [1.165, 1.54) is 0 Å². The molecule has 13 heteroatoms. The Labute approximate surface area is 187 Å². The van der Waals surface area contributed by atoms with Crippen LogP contribution in [0.4, 0.5) is 32.3 Å². The van der Waals surface area contributed by atoms with Crippen LogP contribution >= 0.6 is 0 Å². The molecule has 2 aromatic carbocycles. The van der Waals surface area contributed by atoms with Crippen molar-refractivity contribution < 1.29 is 31.1 Å². The lowest BCUT2D eigenvalue weighted by Crippen LogP contribution is -2.35. The molecular formula is C21H16F6N6O. The maximum Gasteiger partial charge on any atom is 0.416 e. The molecule has 0 aliphatic carbocycles. The van der Waals surface area contributed by atoms with Crippen LogP contribution in [0, 0.1) is 0 Å². The summed E-state index contributed by atoms with van der Waals surface area (Å²) in [5, 5.41) is 7.38. The fourth-order valence-electron chi connectivity index (χ4n) is 3.39. The van der Waals surface area contributed by atoms with Crippen molar-refractivity contribution in [3.63, 3.8) is 0 Å². The second-order valence-electron chi connectivity index (χ2n) is 7.43. The molecule has 0 spiro atoms. The zero-order valence-electron chi connectivity index (χ0n) is 17.4. The molecule has 0 radical (unpaired) electrons. The Kier molecular flexibility index (Phi) is 5.58. The highest BCUT2D eigenvalue weighted by molar-refractivity contribution is 5.93. The number of carbonyl (C=O) groups excluding carboxylic acids is 1. The van der Waals surface area contributed by atoms with Gasteiger partial charge >= 0.3 is 12.4 Å². The third kappa shape index (κ3) is 4.32. The summed E-state index contributed by atoms with van der Waals surface area (Å²) in [5.41, 5.74) is 2.45. The first kappa shape index (κ1) is 23.3. The maximum absolute atomic E-state index is 13.3. The highest BCUT2D eigenvalue weighted by atomic mass is 19.4. The zero-order chi connectivity index (χ0) is 24.8. The number of carbonyl (C=O) groups is 1. The summed E-state index contributed by atoms with van der Waals surface area (Å²) >= 11 is 0. The summed E-state index contributed by atoms with van der Waals surface area (Å²) in [4.78, 5) is 20.3. The summed E-state index contributed by atoms with van der Waals surface area (Å²) in [6.07, 6.45) is -9.76. The molecule has 178 valence electrons. The molecular weight excluding hydrogens is 466 g/mol. The molecule has 0 fully saturated rings. The predicted octanol–water partition coefficient (Wildman–Crippen LogP) is 4.66. The van der Waals surface area contributed by atoms with Crippen LogP contribution in [-0.2, 0) is 17.1 Å². The number of amides is 1. The fourth-order valence-corrected chi connectivity index (χ4v) is 3.39. The number of para-hydroxylation sites is 1. The van der Waals surface area contributed by atoms with Gasteiger partial charge in [-0.05, 0) is 36.8 Å². The Morgan fingerprint density at radius 2 is 1.65 bits per heavy atom. The molecule has 0 saturated carbocycles. The molecule has 1 amide bonds. The van der Waals surface area contributed by atoms with Crippen molar-refractivity contribution >= 4 is 28.4 Å². The van der Waals surface area contributed by atoms with Gasteiger partial charge in [0, 0.05) is 10.9 Å². The number of primary amides is 1. The number of nitrogens with two attached hydrogens (primary N) is 1. The number of nitrogens with one attached hydrogen (secondary N) is 1. The van der Waals surface area contributed by atoms with Crippen molar-refractivity contribution in [3.05, 3.63) is 53.6 Å². The fraction of sp³-hybridized carbons (Fsp3) is 0.238. The Hall–Kier alpha value is -3.90. The van der Waals surface area contributed by atoms with Gasteiger partial charge in [-0.15, -0.1) is 5.10 Å². The van der Waals surface area contributed by atoms with Gasteiger partial charge in [-0.1, -0.05) is 19.1 Å². The van der Waals surface area contributed by atoms with E-state index in [0.29, 0.717) is 23.0 Å². The van der Waals surface area contributed by atoms with E-state index >= 15 is 0 Å². The molecule has 1 atom stereocenters. The number of hydrogen-bond donors (Lipinski definition) is 2. The molecule has 34 heavy (non-hydrogen) atoms. The average Bonchev–Trinajstić information content (AvgIpc) is 3.21. The normalized spacial score (nSPS) is 13.4. The Bertz CT molecular complexity index is 1360. The number of benzene rings is 2. The minimum absolute atomic E-state index is 0.00104. The highest BCUT2D eigenvalue weighted by Crippen LogP contribution is 2.38. The first-order valence-corrected chi connectivity index (χ1v) is 9.89. The molecule has 0 aliphatic rings. The van der Waals surface area contributed by atoms with Gasteiger partial charge < -0.3 is 11.1 Å². The van der Waals surface area contributed by atoms with Crippen LogP contribution < -0.4 is 11.1 Å². The predicted molar refractivity (Wildman–Crippen MR) is 111 cm³/mol. The van der Waals surface area contributed by atoms with E-state index in [0.717, 1.165) is 4.52 Å². The van der Waals surface area contributed by atoms with Crippen molar-refractivity contribution in [2.24, 2.45) is 5.73 Å². The van der Waals surface area contributed by atoms with Crippen LogP contribution in [-0.4, -0.2) is 31.5 Å². The van der Waals surface area contributed by atoms with Crippen molar-refractivity contribution in [2.75, 3.05) is 5.32 Å². The van der Waals surface area contributed by atoms with Crippen LogP contribution in [0.25, 0.3) is 27.9 Å². The topological polar surface area (TPSA) is 98.2 Å². The molecule has 0 bridgehead atoms. The minimum atomic E-state index is -5.02. The standard InChI is InChI=1S/C21H16F6N6O/c1-2-14(16(28)34)29-19-30-15-6-4-3-5-13(15)18-31-17(32-33(18)19)10-7-11(20(22,23)24)9-12(8-10)21(25,26)27/h3-9,14H,2H2,1H3,(H2,28,34)(H,29,30)/t14-/m1/s1. The molecule has 0 unspecified atom stereocenters. The smallest absolute Gasteiger partial charge is 0.368 e. The van der Waals surface area contributed by atoms with Gasteiger partial charge in [-0.2, -0.15) is 30.9 Å². The van der Waals surface area contributed by atoms with Gasteiger partial charge in [0.1, 0.15) is 6.04 Å². The second-order valence-corrected chi connectivity index (χ2v) is 7.43. The first-order valence-electron chi connectivity index (χ1n) is 9.89. The number of fused-ring (bicyclic) bond motifs is 3. The number of nitrogens with zero attached hydrogens (tertiary/aromatic N) is 4. The lowest BCUT2D eigenvalue weighted by atomic mass is 10.0. The van der Waals surface area contributed by atoms with Gasteiger partial charge in [0.05, 0.1) is 16.6 Å². The van der Waals surface area contributed by atoms with Crippen molar-refractivity contribution in [1.29, 1.82) is 0 Å². The van der Waals surface area contributed by atoms with E-state index in [1.54, 1.807) is 31.2 Å². The van der Waals surface area contributed by atoms with Crippen LogP contribution in [0.5, 0.6) is 0 Å². The Balaban J connectivity index is 1.97. The van der Waals surface area contributed by atoms with E-state index in [2.05, 4.69) is 20.4 Å². The minimum Gasteiger partial charge on any atom is -0.368 e. The molecule has 2 aromatic heterocycles.